The fourth-order valence-corrected chi connectivity index (χ4v) is 3.94. The maximum Gasteiger partial charge on any atom is 0.262 e. The van der Waals surface area contributed by atoms with Gasteiger partial charge in [-0.1, -0.05) is 23.9 Å². The van der Waals surface area contributed by atoms with Crippen LogP contribution in [0, 0.1) is 11.3 Å². The SMILES string of the molecule is CN(C(=O)CSc1nc2ccccc2c(=O)n1C[C@@H]1CCCO1)C(C)(C)C#N. The molecule has 0 radical (unpaired) electrons. The zero-order chi connectivity index (χ0) is 20.3. The van der Waals surface area contributed by atoms with E-state index in [0.29, 0.717) is 29.2 Å². The second-order valence-electron chi connectivity index (χ2n) is 7.37. The highest BCUT2D eigenvalue weighted by molar-refractivity contribution is 7.99. The minimum Gasteiger partial charge on any atom is -0.376 e. The zero-order valence-corrected chi connectivity index (χ0v) is 17.2. The standard InChI is InChI=1S/C20H24N4O3S/c1-20(2,13-21)23(3)17(25)12-28-19-22-16-9-5-4-8-15(16)18(26)24(19)11-14-7-6-10-27-14/h4-5,8-9,14H,6-7,10-12H2,1-3H3/t14-/m0/s1. The number of ether oxygens (including phenoxy) is 1. The molecule has 1 saturated heterocycles. The van der Waals surface area contributed by atoms with Gasteiger partial charge in [-0.15, -0.1) is 0 Å². The van der Waals surface area contributed by atoms with Crippen molar-refractivity contribution in [1.29, 1.82) is 5.26 Å². The molecule has 1 aromatic heterocycles. The summed E-state index contributed by atoms with van der Waals surface area (Å²) in [6, 6.07) is 9.33. The van der Waals surface area contributed by atoms with Gasteiger partial charge >= 0.3 is 0 Å². The molecule has 7 nitrogen and oxygen atoms in total. The summed E-state index contributed by atoms with van der Waals surface area (Å²) in [5.41, 5.74) is -0.412. The first kappa shape index (κ1) is 20.4. The molecule has 1 aromatic carbocycles. The van der Waals surface area contributed by atoms with Crippen molar-refractivity contribution in [3.8, 4) is 6.07 Å². The molecule has 1 atom stereocenters. The molecule has 1 amide bonds. The highest BCUT2D eigenvalue weighted by Gasteiger charge is 2.28. The van der Waals surface area contributed by atoms with Gasteiger partial charge in [-0.05, 0) is 38.8 Å². The van der Waals surface area contributed by atoms with Crippen LogP contribution in [0.25, 0.3) is 10.9 Å². The molecule has 2 aromatic rings. The van der Waals surface area contributed by atoms with E-state index in [1.165, 1.54) is 16.7 Å². The molecule has 1 aliphatic rings. The summed E-state index contributed by atoms with van der Waals surface area (Å²) in [6.45, 7) is 4.51. The molecule has 1 fully saturated rings. The number of nitriles is 1. The van der Waals surface area contributed by atoms with Crippen molar-refractivity contribution in [2.24, 2.45) is 0 Å². The Labute approximate surface area is 168 Å². The lowest BCUT2D eigenvalue weighted by atomic mass is 10.1. The van der Waals surface area contributed by atoms with Crippen molar-refractivity contribution in [2.45, 2.75) is 50.0 Å². The predicted octanol–water partition coefficient (Wildman–Crippen LogP) is 2.43. The van der Waals surface area contributed by atoms with E-state index in [1.807, 2.05) is 12.1 Å². The molecular weight excluding hydrogens is 376 g/mol. The second kappa shape index (κ2) is 8.33. The lowest BCUT2D eigenvalue weighted by Crippen LogP contribution is -2.44. The van der Waals surface area contributed by atoms with E-state index in [9.17, 15) is 14.9 Å². The summed E-state index contributed by atoms with van der Waals surface area (Å²) < 4.78 is 7.31. The molecule has 148 valence electrons. The number of hydrogen-bond donors (Lipinski definition) is 0. The van der Waals surface area contributed by atoms with Crippen LogP contribution in [0.15, 0.2) is 34.2 Å². The molecule has 8 heteroatoms. The third kappa shape index (κ3) is 4.21. The smallest absolute Gasteiger partial charge is 0.262 e. The topological polar surface area (TPSA) is 88.2 Å². The minimum absolute atomic E-state index is 0.0177. The lowest BCUT2D eigenvalue weighted by Gasteiger charge is -2.29. The number of thioether (sulfide) groups is 1. The van der Waals surface area contributed by atoms with Gasteiger partial charge in [0.25, 0.3) is 5.56 Å². The highest BCUT2D eigenvalue weighted by atomic mass is 32.2. The van der Waals surface area contributed by atoms with E-state index < -0.39 is 5.54 Å². The van der Waals surface area contributed by atoms with Crippen molar-refractivity contribution < 1.29 is 9.53 Å². The molecule has 0 aliphatic carbocycles. The van der Waals surface area contributed by atoms with Crippen LogP contribution in [0.5, 0.6) is 0 Å². The van der Waals surface area contributed by atoms with Gasteiger partial charge in [0.2, 0.25) is 5.91 Å². The maximum absolute atomic E-state index is 13.0. The second-order valence-corrected chi connectivity index (χ2v) is 8.32. The quantitative estimate of drug-likeness (QED) is 0.547. The number of carbonyl (C=O) groups excluding carboxylic acids is 1. The highest BCUT2D eigenvalue weighted by Crippen LogP contribution is 2.22. The molecule has 2 heterocycles. The summed E-state index contributed by atoms with van der Waals surface area (Å²) in [5, 5.41) is 10.3. The number of aromatic nitrogens is 2. The van der Waals surface area contributed by atoms with Gasteiger partial charge < -0.3 is 9.64 Å². The summed E-state index contributed by atoms with van der Waals surface area (Å²) in [5.74, 6) is -0.0969. The average Bonchev–Trinajstić information content (AvgIpc) is 3.21. The van der Waals surface area contributed by atoms with Gasteiger partial charge in [0, 0.05) is 13.7 Å². The van der Waals surface area contributed by atoms with E-state index in [2.05, 4.69) is 11.1 Å². The largest absolute Gasteiger partial charge is 0.376 e. The van der Waals surface area contributed by atoms with Crippen LogP contribution in [0.1, 0.15) is 26.7 Å². The van der Waals surface area contributed by atoms with Crippen LogP contribution in [0.2, 0.25) is 0 Å². The minimum atomic E-state index is -0.897. The van der Waals surface area contributed by atoms with Gasteiger partial charge in [-0.3, -0.25) is 14.2 Å². The normalized spacial score (nSPS) is 16.9. The fourth-order valence-electron chi connectivity index (χ4n) is 3.02. The zero-order valence-electron chi connectivity index (χ0n) is 16.3. The third-order valence-corrected chi connectivity index (χ3v) is 6.01. The van der Waals surface area contributed by atoms with Crippen LogP contribution < -0.4 is 5.56 Å². The first-order chi connectivity index (χ1) is 13.3. The molecule has 0 saturated carbocycles. The molecule has 1 aliphatic heterocycles. The van der Waals surface area contributed by atoms with Crippen LogP contribution in [-0.2, 0) is 16.1 Å². The predicted molar refractivity (Wildman–Crippen MR) is 108 cm³/mol. The van der Waals surface area contributed by atoms with Gasteiger partial charge in [0.05, 0.1) is 35.4 Å². The Kier molecular flexibility index (Phi) is 6.06. The van der Waals surface area contributed by atoms with Crippen LogP contribution in [0.3, 0.4) is 0 Å². The number of amides is 1. The summed E-state index contributed by atoms with van der Waals surface area (Å²) in [6.07, 6.45) is 1.87. The number of rotatable bonds is 6. The first-order valence-electron chi connectivity index (χ1n) is 9.25. The van der Waals surface area contributed by atoms with Crippen molar-refractivity contribution in [2.75, 3.05) is 19.4 Å². The Morgan fingerprint density at radius 1 is 1.46 bits per heavy atom. The van der Waals surface area contributed by atoms with E-state index in [4.69, 9.17) is 4.74 Å². The molecule has 3 rings (SSSR count). The maximum atomic E-state index is 13.0. The Hall–Kier alpha value is -2.37. The number of benzene rings is 1. The van der Waals surface area contributed by atoms with E-state index in [1.54, 1.807) is 37.6 Å². The van der Waals surface area contributed by atoms with Crippen LogP contribution in [-0.4, -0.2) is 51.4 Å². The third-order valence-electron chi connectivity index (χ3n) is 5.05. The molecule has 0 N–H and O–H groups in total. The van der Waals surface area contributed by atoms with Crippen LogP contribution in [0.4, 0.5) is 0 Å². The number of fused-ring (bicyclic) bond motifs is 1. The number of nitrogens with zero attached hydrogens (tertiary/aromatic N) is 4. The monoisotopic (exact) mass is 400 g/mol. The first-order valence-corrected chi connectivity index (χ1v) is 10.2. The summed E-state index contributed by atoms with van der Waals surface area (Å²) in [4.78, 5) is 31.6. The van der Waals surface area contributed by atoms with Gasteiger partial charge in [0.1, 0.15) is 5.54 Å². The Morgan fingerprint density at radius 2 is 2.21 bits per heavy atom. The molecule has 0 unspecified atom stereocenters. The molecule has 28 heavy (non-hydrogen) atoms. The van der Waals surface area contributed by atoms with Crippen molar-refractivity contribution >= 4 is 28.6 Å². The van der Waals surface area contributed by atoms with Gasteiger partial charge in [-0.2, -0.15) is 5.26 Å². The lowest BCUT2D eigenvalue weighted by molar-refractivity contribution is -0.130. The van der Waals surface area contributed by atoms with Crippen molar-refractivity contribution in [3.63, 3.8) is 0 Å². The fraction of sp³-hybridized carbons (Fsp3) is 0.500. The Bertz CT molecular complexity index is 974. The number of carbonyl (C=O) groups is 1. The molecule has 0 bridgehead atoms. The summed E-state index contributed by atoms with van der Waals surface area (Å²) in [7, 11) is 1.61. The van der Waals surface area contributed by atoms with Crippen molar-refractivity contribution in [1.82, 2.24) is 14.5 Å². The van der Waals surface area contributed by atoms with E-state index in [-0.39, 0.29) is 23.3 Å². The molecule has 0 spiro atoms. The van der Waals surface area contributed by atoms with E-state index in [0.717, 1.165) is 12.8 Å². The van der Waals surface area contributed by atoms with Crippen LogP contribution >= 0.6 is 11.8 Å². The van der Waals surface area contributed by atoms with Gasteiger partial charge in [-0.25, -0.2) is 4.98 Å². The van der Waals surface area contributed by atoms with Gasteiger partial charge in [0.15, 0.2) is 5.16 Å². The Morgan fingerprint density at radius 3 is 2.89 bits per heavy atom. The van der Waals surface area contributed by atoms with E-state index >= 15 is 0 Å². The molecular formula is C20H24N4O3S. The van der Waals surface area contributed by atoms with Crippen molar-refractivity contribution in [3.05, 3.63) is 34.6 Å². The number of para-hydroxylation sites is 1. The Balaban J connectivity index is 1.89. The number of hydrogen-bond acceptors (Lipinski definition) is 6. The average molecular weight is 401 g/mol. The summed E-state index contributed by atoms with van der Waals surface area (Å²) >= 11 is 1.22.